The van der Waals surface area contributed by atoms with Crippen LogP contribution in [0.1, 0.15) is 67.7 Å². The standard InChI is InChI=1S/C28H36N6O6/c1-28(2,3)40-27(37)32(4)23-13-18(12-17-8-6-10-33(26(17)36)19-9-7-11-39-16-19)30-24-20(15-29-34(23)24)25(35)31-21-14-22(21)38-5/h6,8,10,13,15,19,21-22H,7,9,11-12,14,16H2,1-5H3,(H,31,35)/t19-,21?,22?/m0/s1. The van der Waals surface area contributed by atoms with E-state index in [4.69, 9.17) is 19.2 Å². The second kappa shape index (κ2) is 11.0. The first kappa shape index (κ1) is 27.8. The molecule has 5 rings (SSSR count). The Morgan fingerprint density at radius 1 is 1.30 bits per heavy atom. The molecule has 12 heteroatoms. The summed E-state index contributed by atoms with van der Waals surface area (Å²) in [5.41, 5.74) is 0.743. The third kappa shape index (κ3) is 5.87. The number of anilines is 1. The molecule has 0 radical (unpaired) electrons. The van der Waals surface area contributed by atoms with Gasteiger partial charge in [-0.15, -0.1) is 0 Å². The maximum Gasteiger partial charge on any atom is 0.415 e. The van der Waals surface area contributed by atoms with Gasteiger partial charge in [0, 0.05) is 45.0 Å². The lowest BCUT2D eigenvalue weighted by Gasteiger charge is -2.25. The fourth-order valence-corrected chi connectivity index (χ4v) is 4.86. The summed E-state index contributed by atoms with van der Waals surface area (Å²) < 4.78 is 19.6. The molecule has 3 atom stereocenters. The number of methoxy groups -OCH3 is 1. The van der Waals surface area contributed by atoms with Gasteiger partial charge in [-0.3, -0.25) is 14.5 Å². The number of carbonyl (C=O) groups is 2. The third-order valence-electron chi connectivity index (χ3n) is 7.07. The number of aromatic nitrogens is 4. The molecule has 1 saturated carbocycles. The van der Waals surface area contributed by atoms with E-state index in [0.29, 0.717) is 30.3 Å². The fraction of sp³-hybridized carbons (Fsp3) is 0.536. The van der Waals surface area contributed by atoms with Crippen molar-refractivity contribution in [3.8, 4) is 0 Å². The van der Waals surface area contributed by atoms with Gasteiger partial charge >= 0.3 is 6.09 Å². The summed E-state index contributed by atoms with van der Waals surface area (Å²) in [7, 11) is 3.18. The number of pyridine rings is 1. The van der Waals surface area contributed by atoms with E-state index in [-0.39, 0.29) is 47.3 Å². The molecule has 4 heterocycles. The molecule has 3 aromatic heterocycles. The Morgan fingerprint density at radius 3 is 2.77 bits per heavy atom. The summed E-state index contributed by atoms with van der Waals surface area (Å²) in [6.45, 7) is 6.55. The molecule has 0 aromatic carbocycles. The van der Waals surface area contributed by atoms with E-state index >= 15 is 0 Å². The van der Waals surface area contributed by atoms with Crippen molar-refractivity contribution >= 4 is 23.5 Å². The molecule has 1 N–H and O–H groups in total. The van der Waals surface area contributed by atoms with E-state index < -0.39 is 11.7 Å². The highest BCUT2D eigenvalue weighted by atomic mass is 16.6. The van der Waals surface area contributed by atoms with Gasteiger partial charge in [-0.05, 0) is 46.1 Å². The van der Waals surface area contributed by atoms with Crippen LogP contribution in [0.3, 0.4) is 0 Å². The Bertz CT molecular complexity index is 1470. The molecule has 1 aliphatic heterocycles. The van der Waals surface area contributed by atoms with E-state index in [0.717, 1.165) is 19.3 Å². The molecule has 2 fully saturated rings. The van der Waals surface area contributed by atoms with Crippen molar-refractivity contribution in [3.63, 3.8) is 0 Å². The SMILES string of the molecule is COC1CC1NC(=O)c1cnn2c(N(C)C(=O)OC(C)(C)C)cc(Cc3cccn([C@H]4CCCOC4)c3=O)nc12. The quantitative estimate of drug-likeness (QED) is 0.474. The number of amides is 2. The number of rotatable bonds is 7. The lowest BCUT2D eigenvalue weighted by molar-refractivity contribution is 0.0579. The van der Waals surface area contributed by atoms with Gasteiger partial charge in [0.1, 0.15) is 17.0 Å². The van der Waals surface area contributed by atoms with E-state index in [9.17, 15) is 14.4 Å². The van der Waals surface area contributed by atoms with E-state index in [2.05, 4.69) is 10.4 Å². The molecular weight excluding hydrogens is 516 g/mol. The minimum absolute atomic E-state index is 0.0158. The Morgan fingerprint density at radius 2 is 2.10 bits per heavy atom. The summed E-state index contributed by atoms with van der Waals surface area (Å²) in [5, 5.41) is 7.33. The minimum Gasteiger partial charge on any atom is -0.443 e. The lowest BCUT2D eigenvalue weighted by Crippen LogP contribution is -2.35. The van der Waals surface area contributed by atoms with Gasteiger partial charge in [-0.25, -0.2) is 9.78 Å². The van der Waals surface area contributed by atoms with E-state index in [1.807, 2.05) is 6.07 Å². The number of nitrogens with one attached hydrogen (secondary N) is 1. The maximum atomic E-state index is 13.4. The summed E-state index contributed by atoms with van der Waals surface area (Å²) in [6, 6.07) is 5.21. The van der Waals surface area contributed by atoms with Crippen LogP contribution in [0.4, 0.5) is 10.6 Å². The number of hydrogen-bond donors (Lipinski definition) is 1. The zero-order valence-corrected chi connectivity index (χ0v) is 23.5. The molecule has 3 aromatic rings. The third-order valence-corrected chi connectivity index (χ3v) is 7.07. The van der Waals surface area contributed by atoms with Crippen molar-refractivity contribution < 1.29 is 23.8 Å². The Kier molecular flexibility index (Phi) is 7.65. The van der Waals surface area contributed by atoms with Crippen LogP contribution >= 0.6 is 0 Å². The minimum atomic E-state index is -0.713. The topological polar surface area (TPSA) is 129 Å². The molecule has 214 valence electrons. The van der Waals surface area contributed by atoms with Crippen LogP contribution in [0.25, 0.3) is 5.65 Å². The van der Waals surface area contributed by atoms with Crippen molar-refractivity contribution in [3.05, 3.63) is 57.8 Å². The van der Waals surface area contributed by atoms with E-state index in [1.54, 1.807) is 57.8 Å². The molecule has 1 aliphatic carbocycles. The molecule has 2 amide bonds. The average molecular weight is 553 g/mol. The Hall–Kier alpha value is -3.77. The zero-order valence-electron chi connectivity index (χ0n) is 23.5. The van der Waals surface area contributed by atoms with Crippen LogP contribution in [-0.4, -0.2) is 76.3 Å². The van der Waals surface area contributed by atoms with Gasteiger partial charge in [-0.2, -0.15) is 9.61 Å². The second-order valence-corrected chi connectivity index (χ2v) is 11.3. The highest BCUT2D eigenvalue weighted by Crippen LogP contribution is 2.26. The van der Waals surface area contributed by atoms with Crippen molar-refractivity contribution in [2.45, 2.75) is 70.2 Å². The van der Waals surface area contributed by atoms with Crippen molar-refractivity contribution in [2.24, 2.45) is 0 Å². The summed E-state index contributed by atoms with van der Waals surface area (Å²) in [5.74, 6) is 0.0147. The van der Waals surface area contributed by atoms with Crippen LogP contribution in [0, 0.1) is 0 Å². The van der Waals surface area contributed by atoms with Gasteiger partial charge in [-0.1, -0.05) is 6.07 Å². The van der Waals surface area contributed by atoms with Crippen molar-refractivity contribution in [1.29, 1.82) is 0 Å². The van der Waals surface area contributed by atoms with Crippen LogP contribution in [0.2, 0.25) is 0 Å². The highest BCUT2D eigenvalue weighted by molar-refractivity contribution is 6.00. The number of fused-ring (bicyclic) bond motifs is 1. The van der Waals surface area contributed by atoms with Gasteiger partial charge in [0.05, 0.1) is 36.7 Å². The van der Waals surface area contributed by atoms with Gasteiger partial charge in [0.25, 0.3) is 11.5 Å². The number of nitrogens with zero attached hydrogens (tertiary/aromatic N) is 5. The highest BCUT2D eigenvalue weighted by Gasteiger charge is 2.39. The molecule has 1 saturated heterocycles. The lowest BCUT2D eigenvalue weighted by atomic mass is 10.1. The Labute approximate surface area is 232 Å². The normalized spacial score (nSPS) is 20.8. The zero-order chi connectivity index (χ0) is 28.6. The summed E-state index contributed by atoms with van der Waals surface area (Å²) in [6.07, 6.45) is 5.31. The molecular formula is C28H36N6O6. The largest absolute Gasteiger partial charge is 0.443 e. The van der Waals surface area contributed by atoms with Crippen LogP contribution in [0.15, 0.2) is 35.4 Å². The predicted octanol–water partition coefficient (Wildman–Crippen LogP) is 2.72. The van der Waals surface area contributed by atoms with Crippen molar-refractivity contribution in [2.75, 3.05) is 32.3 Å². The van der Waals surface area contributed by atoms with Gasteiger partial charge in [0.15, 0.2) is 5.65 Å². The van der Waals surface area contributed by atoms with Crippen LogP contribution < -0.4 is 15.8 Å². The van der Waals surface area contributed by atoms with E-state index in [1.165, 1.54) is 15.6 Å². The summed E-state index contributed by atoms with van der Waals surface area (Å²) in [4.78, 5) is 45.6. The first-order valence-electron chi connectivity index (χ1n) is 13.5. The monoisotopic (exact) mass is 552 g/mol. The number of ether oxygens (including phenoxy) is 3. The first-order chi connectivity index (χ1) is 19.1. The second-order valence-electron chi connectivity index (χ2n) is 11.3. The summed E-state index contributed by atoms with van der Waals surface area (Å²) >= 11 is 0. The molecule has 2 aliphatic rings. The molecule has 12 nitrogen and oxygen atoms in total. The van der Waals surface area contributed by atoms with Crippen LogP contribution in [0.5, 0.6) is 0 Å². The van der Waals surface area contributed by atoms with Crippen LogP contribution in [-0.2, 0) is 20.6 Å². The predicted molar refractivity (Wildman–Crippen MR) is 147 cm³/mol. The Balaban J connectivity index is 1.53. The number of carbonyl (C=O) groups excluding carboxylic acids is 2. The van der Waals surface area contributed by atoms with Gasteiger partial charge < -0.3 is 24.1 Å². The first-order valence-corrected chi connectivity index (χ1v) is 13.5. The average Bonchev–Trinajstić information content (AvgIpc) is 3.53. The molecule has 0 bridgehead atoms. The molecule has 2 unspecified atom stereocenters. The van der Waals surface area contributed by atoms with Gasteiger partial charge in [0.2, 0.25) is 0 Å². The maximum absolute atomic E-state index is 13.4. The smallest absolute Gasteiger partial charge is 0.415 e. The molecule has 40 heavy (non-hydrogen) atoms. The fourth-order valence-electron chi connectivity index (χ4n) is 4.86. The molecule has 0 spiro atoms. The number of hydrogen-bond acceptors (Lipinski definition) is 8. The van der Waals surface area contributed by atoms with Crippen molar-refractivity contribution in [1.82, 2.24) is 24.5 Å².